The summed E-state index contributed by atoms with van der Waals surface area (Å²) in [5.74, 6) is 0.548. The molecule has 0 spiro atoms. The number of methoxy groups -OCH3 is 1. The number of hydrogen-bond donors (Lipinski definition) is 2. The van der Waals surface area contributed by atoms with Gasteiger partial charge in [0, 0.05) is 17.3 Å². The number of pyridine rings is 1. The van der Waals surface area contributed by atoms with Crippen molar-refractivity contribution in [1.29, 1.82) is 0 Å². The molecule has 0 aliphatic carbocycles. The van der Waals surface area contributed by atoms with Crippen LogP contribution in [0.5, 0.6) is 5.75 Å². The number of halogens is 1. The van der Waals surface area contributed by atoms with E-state index in [0.29, 0.717) is 22.1 Å². The topological polar surface area (TPSA) is 60.2 Å². The highest BCUT2D eigenvalue weighted by atomic mass is 35.5. The van der Waals surface area contributed by atoms with Crippen LogP contribution in [0.4, 0.5) is 17.1 Å². The van der Waals surface area contributed by atoms with E-state index in [9.17, 15) is 0 Å². The first-order chi connectivity index (χ1) is 8.61. The number of nitrogen functional groups attached to an aromatic ring is 1. The number of aromatic nitrogens is 1. The van der Waals surface area contributed by atoms with E-state index in [1.165, 1.54) is 0 Å². The zero-order valence-electron chi connectivity index (χ0n) is 10.2. The van der Waals surface area contributed by atoms with Crippen molar-refractivity contribution in [3.8, 4) is 5.75 Å². The summed E-state index contributed by atoms with van der Waals surface area (Å²) in [4.78, 5) is 4.20. The van der Waals surface area contributed by atoms with Gasteiger partial charge in [0.05, 0.1) is 29.9 Å². The van der Waals surface area contributed by atoms with Crippen LogP contribution in [0.2, 0.25) is 5.02 Å². The lowest BCUT2D eigenvalue weighted by molar-refractivity contribution is 0.417. The van der Waals surface area contributed by atoms with E-state index in [2.05, 4.69) is 10.3 Å². The Morgan fingerprint density at radius 2 is 2.11 bits per heavy atom. The molecule has 0 saturated heterocycles. The van der Waals surface area contributed by atoms with Gasteiger partial charge >= 0.3 is 0 Å². The normalized spacial score (nSPS) is 10.2. The first kappa shape index (κ1) is 12.5. The molecule has 94 valence electrons. The maximum absolute atomic E-state index is 6.02. The summed E-state index contributed by atoms with van der Waals surface area (Å²) in [5.41, 5.74) is 8.98. The van der Waals surface area contributed by atoms with E-state index in [1.807, 2.05) is 19.1 Å². The van der Waals surface area contributed by atoms with Crippen LogP contribution in [-0.4, -0.2) is 12.1 Å². The van der Waals surface area contributed by atoms with Crippen LogP contribution in [0, 0.1) is 6.92 Å². The van der Waals surface area contributed by atoms with Crippen LogP contribution in [0.1, 0.15) is 5.69 Å². The third kappa shape index (κ3) is 2.49. The number of ether oxygens (including phenoxy) is 1. The molecule has 1 aromatic heterocycles. The van der Waals surface area contributed by atoms with Gasteiger partial charge in [-0.2, -0.15) is 0 Å². The number of nitrogens with one attached hydrogen (secondary N) is 1. The predicted molar refractivity (Wildman–Crippen MR) is 74.7 cm³/mol. The lowest BCUT2D eigenvalue weighted by Gasteiger charge is -2.14. The number of nitrogens with zero attached hydrogens (tertiary/aromatic N) is 1. The molecule has 0 aliphatic rings. The van der Waals surface area contributed by atoms with Crippen LogP contribution in [0.3, 0.4) is 0 Å². The van der Waals surface area contributed by atoms with E-state index >= 15 is 0 Å². The highest BCUT2D eigenvalue weighted by molar-refractivity contribution is 6.31. The van der Waals surface area contributed by atoms with Gasteiger partial charge in [0.15, 0.2) is 0 Å². The lowest BCUT2D eigenvalue weighted by atomic mass is 10.2. The molecule has 0 radical (unpaired) electrons. The fourth-order valence-electron chi connectivity index (χ4n) is 1.63. The largest absolute Gasteiger partial charge is 0.494 e. The highest BCUT2D eigenvalue weighted by Gasteiger charge is 2.09. The van der Waals surface area contributed by atoms with E-state index < -0.39 is 0 Å². The second-order valence-corrected chi connectivity index (χ2v) is 4.27. The summed E-state index contributed by atoms with van der Waals surface area (Å²) < 4.78 is 5.17. The number of rotatable bonds is 3. The van der Waals surface area contributed by atoms with Crippen molar-refractivity contribution in [2.24, 2.45) is 0 Å². The van der Waals surface area contributed by atoms with Gasteiger partial charge in [-0.05, 0) is 25.1 Å². The summed E-state index contributed by atoms with van der Waals surface area (Å²) in [6.07, 6.45) is 1.74. The van der Waals surface area contributed by atoms with E-state index in [4.69, 9.17) is 22.1 Å². The third-order valence-corrected chi connectivity index (χ3v) is 2.82. The minimum atomic E-state index is 0.519. The summed E-state index contributed by atoms with van der Waals surface area (Å²) in [6, 6.07) is 7.21. The molecule has 1 aromatic carbocycles. The van der Waals surface area contributed by atoms with Gasteiger partial charge in [-0.25, -0.2) is 0 Å². The number of benzene rings is 1. The monoisotopic (exact) mass is 263 g/mol. The van der Waals surface area contributed by atoms with Gasteiger partial charge in [0.1, 0.15) is 5.75 Å². The molecule has 0 saturated carbocycles. The van der Waals surface area contributed by atoms with Crippen molar-refractivity contribution in [2.45, 2.75) is 6.92 Å². The molecule has 0 aliphatic heterocycles. The quantitative estimate of drug-likeness (QED) is 0.834. The summed E-state index contributed by atoms with van der Waals surface area (Å²) in [7, 11) is 1.56. The molecule has 0 bridgehead atoms. The maximum atomic E-state index is 6.02. The molecule has 4 nitrogen and oxygen atoms in total. The van der Waals surface area contributed by atoms with Gasteiger partial charge in [-0.3, -0.25) is 4.98 Å². The van der Waals surface area contributed by atoms with Gasteiger partial charge in [0.25, 0.3) is 0 Å². The molecular weight excluding hydrogens is 250 g/mol. The van der Waals surface area contributed by atoms with Crippen LogP contribution >= 0.6 is 11.6 Å². The first-order valence-electron chi connectivity index (χ1n) is 5.43. The zero-order chi connectivity index (χ0) is 13.1. The molecule has 0 fully saturated rings. The zero-order valence-corrected chi connectivity index (χ0v) is 11.0. The molecule has 3 N–H and O–H groups in total. The third-order valence-electron chi connectivity index (χ3n) is 2.60. The van der Waals surface area contributed by atoms with Crippen LogP contribution in [0.15, 0.2) is 30.5 Å². The Bertz CT molecular complexity index is 572. The fourth-order valence-corrected chi connectivity index (χ4v) is 1.83. The van der Waals surface area contributed by atoms with Crippen LogP contribution in [-0.2, 0) is 0 Å². The Balaban J connectivity index is 2.40. The Labute approximate surface area is 111 Å². The Morgan fingerprint density at radius 3 is 2.78 bits per heavy atom. The van der Waals surface area contributed by atoms with Gasteiger partial charge in [-0.15, -0.1) is 0 Å². The summed E-state index contributed by atoms with van der Waals surface area (Å²) >= 11 is 6.02. The van der Waals surface area contributed by atoms with Crippen molar-refractivity contribution in [1.82, 2.24) is 4.98 Å². The van der Waals surface area contributed by atoms with Crippen molar-refractivity contribution in [3.63, 3.8) is 0 Å². The molecule has 2 aromatic rings. The number of anilines is 3. The predicted octanol–water partition coefficient (Wildman–Crippen LogP) is 3.38. The van der Waals surface area contributed by atoms with Crippen molar-refractivity contribution in [2.75, 3.05) is 18.2 Å². The average molecular weight is 264 g/mol. The van der Waals surface area contributed by atoms with Gasteiger partial charge in [0.2, 0.25) is 0 Å². The highest BCUT2D eigenvalue weighted by Crippen LogP contribution is 2.35. The molecule has 1 heterocycles. The maximum Gasteiger partial charge on any atom is 0.145 e. The van der Waals surface area contributed by atoms with Crippen molar-refractivity contribution < 1.29 is 4.74 Å². The minimum Gasteiger partial charge on any atom is -0.494 e. The summed E-state index contributed by atoms with van der Waals surface area (Å²) in [6.45, 7) is 1.92. The Kier molecular flexibility index (Phi) is 3.58. The number of aryl methyl sites for hydroxylation is 1. The van der Waals surface area contributed by atoms with Crippen molar-refractivity contribution >= 4 is 28.7 Å². The second-order valence-electron chi connectivity index (χ2n) is 3.83. The average Bonchev–Trinajstić information content (AvgIpc) is 2.36. The molecule has 2 rings (SSSR count). The minimum absolute atomic E-state index is 0.519. The Morgan fingerprint density at radius 1 is 1.33 bits per heavy atom. The van der Waals surface area contributed by atoms with Crippen molar-refractivity contribution in [3.05, 3.63) is 41.2 Å². The molecule has 5 heteroatoms. The van der Waals surface area contributed by atoms with Gasteiger partial charge in [-0.1, -0.05) is 11.6 Å². The SMILES string of the molecule is COc1cc(Cl)cc(Nc2cccnc2C)c1N. The fraction of sp³-hybridized carbons (Fsp3) is 0.154. The molecule has 0 unspecified atom stereocenters. The standard InChI is InChI=1S/C13H14ClN3O/c1-8-10(4-3-5-16-8)17-11-6-9(14)7-12(18-2)13(11)15/h3-7,17H,15H2,1-2H3. The summed E-state index contributed by atoms with van der Waals surface area (Å²) in [5, 5.41) is 3.76. The van der Waals surface area contributed by atoms with E-state index in [-0.39, 0.29) is 0 Å². The van der Waals surface area contributed by atoms with Crippen LogP contribution in [0.25, 0.3) is 0 Å². The smallest absolute Gasteiger partial charge is 0.145 e. The Hall–Kier alpha value is -1.94. The van der Waals surface area contributed by atoms with Gasteiger partial charge < -0.3 is 15.8 Å². The number of hydrogen-bond acceptors (Lipinski definition) is 4. The molecule has 0 amide bonds. The number of nitrogens with two attached hydrogens (primary N) is 1. The van der Waals surface area contributed by atoms with E-state index in [1.54, 1.807) is 25.4 Å². The second kappa shape index (κ2) is 5.14. The molecule has 0 atom stereocenters. The van der Waals surface area contributed by atoms with E-state index in [0.717, 1.165) is 11.4 Å². The first-order valence-corrected chi connectivity index (χ1v) is 5.81. The van der Waals surface area contributed by atoms with Crippen LogP contribution < -0.4 is 15.8 Å². The molecular formula is C13H14ClN3O. The lowest BCUT2D eigenvalue weighted by Crippen LogP contribution is -2.01. The molecule has 18 heavy (non-hydrogen) atoms.